The maximum atomic E-state index is 13.8. The second-order valence-electron chi connectivity index (χ2n) is 7.40. The molecule has 1 saturated carbocycles. The molecule has 24 heavy (non-hydrogen) atoms. The second kappa shape index (κ2) is 7.47. The number of amides is 1. The van der Waals surface area contributed by atoms with Crippen molar-refractivity contribution in [1.82, 2.24) is 10.6 Å². The van der Waals surface area contributed by atoms with Crippen molar-refractivity contribution in [3.8, 4) is 0 Å². The predicted molar refractivity (Wildman–Crippen MR) is 88.6 cm³/mol. The first-order chi connectivity index (χ1) is 11.2. The van der Waals surface area contributed by atoms with Gasteiger partial charge in [-0.05, 0) is 45.7 Å². The minimum absolute atomic E-state index is 0.0287. The third kappa shape index (κ3) is 5.16. The molecule has 1 fully saturated rings. The van der Waals surface area contributed by atoms with Gasteiger partial charge in [0.05, 0.1) is 0 Å². The topological polar surface area (TPSA) is 50.4 Å². The number of hydrogen-bond acceptors (Lipinski definition) is 3. The van der Waals surface area contributed by atoms with Gasteiger partial charge in [0.15, 0.2) is 0 Å². The molecule has 0 radical (unpaired) electrons. The van der Waals surface area contributed by atoms with E-state index < -0.39 is 23.3 Å². The van der Waals surface area contributed by atoms with Gasteiger partial charge in [0.25, 0.3) is 0 Å². The molecule has 4 nitrogen and oxygen atoms in total. The summed E-state index contributed by atoms with van der Waals surface area (Å²) in [5.41, 5.74) is -0.886. The van der Waals surface area contributed by atoms with Crippen LogP contribution in [0.2, 0.25) is 0 Å². The Hall–Kier alpha value is -1.69. The van der Waals surface area contributed by atoms with Crippen LogP contribution in [0, 0.1) is 11.6 Å². The SMILES string of the molecule is CC(C)(C)OC(=O)NCC1(NCc2c(F)cccc2F)CCCC1. The normalized spacial score (nSPS) is 16.9. The quantitative estimate of drug-likeness (QED) is 0.855. The number of benzene rings is 1. The maximum absolute atomic E-state index is 13.8. The Balaban J connectivity index is 1.97. The molecule has 0 saturated heterocycles. The molecule has 0 spiro atoms. The van der Waals surface area contributed by atoms with Crippen molar-refractivity contribution < 1.29 is 18.3 Å². The third-order valence-electron chi connectivity index (χ3n) is 4.23. The molecule has 1 aliphatic rings. The third-order valence-corrected chi connectivity index (χ3v) is 4.23. The lowest BCUT2D eigenvalue weighted by Crippen LogP contribution is -2.52. The van der Waals surface area contributed by atoms with Crippen molar-refractivity contribution in [2.45, 2.75) is 64.1 Å². The maximum Gasteiger partial charge on any atom is 0.407 e. The van der Waals surface area contributed by atoms with Crippen LogP contribution in [0.5, 0.6) is 0 Å². The highest BCUT2D eigenvalue weighted by atomic mass is 19.1. The molecule has 1 aromatic carbocycles. The Kier molecular flexibility index (Phi) is 5.80. The number of nitrogens with one attached hydrogen (secondary N) is 2. The van der Waals surface area contributed by atoms with Crippen LogP contribution in [-0.4, -0.2) is 23.8 Å². The summed E-state index contributed by atoms with van der Waals surface area (Å²) in [5, 5.41) is 6.04. The predicted octanol–water partition coefficient (Wildman–Crippen LogP) is 3.89. The first-order valence-corrected chi connectivity index (χ1v) is 8.36. The van der Waals surface area contributed by atoms with Crippen molar-refractivity contribution in [3.05, 3.63) is 35.4 Å². The van der Waals surface area contributed by atoms with Crippen molar-refractivity contribution in [2.75, 3.05) is 6.54 Å². The van der Waals surface area contributed by atoms with Gasteiger partial charge in [-0.15, -0.1) is 0 Å². The summed E-state index contributed by atoms with van der Waals surface area (Å²) >= 11 is 0. The van der Waals surface area contributed by atoms with E-state index in [-0.39, 0.29) is 17.6 Å². The van der Waals surface area contributed by atoms with Crippen molar-refractivity contribution in [2.24, 2.45) is 0 Å². The lowest BCUT2D eigenvalue weighted by molar-refractivity contribution is 0.0509. The van der Waals surface area contributed by atoms with Crippen LogP contribution in [0.15, 0.2) is 18.2 Å². The van der Waals surface area contributed by atoms with E-state index in [1.54, 1.807) is 20.8 Å². The fraction of sp³-hybridized carbons (Fsp3) is 0.611. The second-order valence-corrected chi connectivity index (χ2v) is 7.40. The number of carbonyl (C=O) groups is 1. The van der Waals surface area contributed by atoms with E-state index in [0.717, 1.165) is 25.7 Å². The molecule has 6 heteroatoms. The molecule has 0 heterocycles. The molecular formula is C18H26F2N2O2. The van der Waals surface area contributed by atoms with Gasteiger partial charge < -0.3 is 15.4 Å². The molecule has 0 aliphatic heterocycles. The van der Waals surface area contributed by atoms with E-state index in [0.29, 0.717) is 6.54 Å². The van der Waals surface area contributed by atoms with E-state index in [1.807, 2.05) is 0 Å². The Labute approximate surface area is 142 Å². The van der Waals surface area contributed by atoms with Crippen LogP contribution in [0.25, 0.3) is 0 Å². The summed E-state index contributed by atoms with van der Waals surface area (Å²) < 4.78 is 32.8. The van der Waals surface area contributed by atoms with Crippen LogP contribution in [0.3, 0.4) is 0 Å². The van der Waals surface area contributed by atoms with E-state index in [9.17, 15) is 13.6 Å². The fourth-order valence-electron chi connectivity index (χ4n) is 3.00. The Morgan fingerprint density at radius 1 is 1.21 bits per heavy atom. The van der Waals surface area contributed by atoms with Crippen molar-refractivity contribution in [1.29, 1.82) is 0 Å². The zero-order valence-electron chi connectivity index (χ0n) is 14.5. The highest BCUT2D eigenvalue weighted by Gasteiger charge is 2.34. The zero-order valence-corrected chi connectivity index (χ0v) is 14.5. The van der Waals surface area contributed by atoms with E-state index >= 15 is 0 Å². The number of carbonyl (C=O) groups excluding carboxylic acids is 1. The smallest absolute Gasteiger partial charge is 0.407 e. The molecule has 134 valence electrons. The zero-order chi connectivity index (χ0) is 17.8. The van der Waals surface area contributed by atoms with E-state index in [1.165, 1.54) is 18.2 Å². The number of rotatable bonds is 5. The largest absolute Gasteiger partial charge is 0.444 e. The average molecular weight is 340 g/mol. The minimum atomic E-state index is -0.559. The average Bonchev–Trinajstić information content (AvgIpc) is 2.92. The number of halogens is 2. The van der Waals surface area contributed by atoms with Crippen LogP contribution in [-0.2, 0) is 11.3 Å². The van der Waals surface area contributed by atoms with Crippen molar-refractivity contribution >= 4 is 6.09 Å². The Morgan fingerprint density at radius 3 is 2.33 bits per heavy atom. The molecule has 0 bridgehead atoms. The molecular weight excluding hydrogens is 314 g/mol. The number of hydrogen-bond donors (Lipinski definition) is 2. The van der Waals surface area contributed by atoms with Gasteiger partial charge in [-0.2, -0.15) is 0 Å². The summed E-state index contributed by atoms with van der Waals surface area (Å²) in [7, 11) is 0. The van der Waals surface area contributed by atoms with Crippen LogP contribution in [0.4, 0.5) is 13.6 Å². The fourth-order valence-corrected chi connectivity index (χ4v) is 3.00. The summed E-state index contributed by atoms with van der Waals surface area (Å²) in [6.45, 7) is 5.87. The summed E-state index contributed by atoms with van der Waals surface area (Å²) in [6.07, 6.45) is 3.25. The Morgan fingerprint density at radius 2 is 1.79 bits per heavy atom. The molecule has 2 rings (SSSR count). The molecule has 2 N–H and O–H groups in total. The highest BCUT2D eigenvalue weighted by molar-refractivity contribution is 5.67. The van der Waals surface area contributed by atoms with Gasteiger partial charge in [-0.25, -0.2) is 13.6 Å². The Bertz CT molecular complexity index is 559. The molecule has 1 aliphatic carbocycles. The van der Waals surface area contributed by atoms with Crippen molar-refractivity contribution in [3.63, 3.8) is 0 Å². The van der Waals surface area contributed by atoms with E-state index in [4.69, 9.17) is 4.74 Å². The van der Waals surface area contributed by atoms with Gasteiger partial charge >= 0.3 is 6.09 Å². The first kappa shape index (κ1) is 18.6. The molecule has 1 amide bonds. The number of ether oxygens (including phenoxy) is 1. The lowest BCUT2D eigenvalue weighted by Gasteiger charge is -2.31. The minimum Gasteiger partial charge on any atom is -0.444 e. The van der Waals surface area contributed by atoms with Crippen LogP contribution < -0.4 is 10.6 Å². The molecule has 0 aromatic heterocycles. The highest BCUT2D eigenvalue weighted by Crippen LogP contribution is 2.30. The monoisotopic (exact) mass is 340 g/mol. The van der Waals surface area contributed by atoms with Crippen LogP contribution >= 0.6 is 0 Å². The van der Waals surface area contributed by atoms with E-state index in [2.05, 4.69) is 10.6 Å². The number of alkyl carbamates (subject to hydrolysis) is 1. The van der Waals surface area contributed by atoms with Crippen LogP contribution in [0.1, 0.15) is 52.0 Å². The summed E-state index contributed by atoms with van der Waals surface area (Å²) in [4.78, 5) is 11.9. The van der Waals surface area contributed by atoms with Gasteiger partial charge in [-0.1, -0.05) is 18.9 Å². The molecule has 1 aromatic rings. The summed E-state index contributed by atoms with van der Waals surface area (Å²) in [6, 6.07) is 3.85. The van der Waals surface area contributed by atoms with Gasteiger partial charge in [0.2, 0.25) is 0 Å². The molecule has 0 atom stereocenters. The first-order valence-electron chi connectivity index (χ1n) is 8.36. The lowest BCUT2D eigenvalue weighted by atomic mass is 9.97. The van der Waals surface area contributed by atoms with Gasteiger partial charge in [0, 0.05) is 24.2 Å². The van der Waals surface area contributed by atoms with Gasteiger partial charge in [-0.3, -0.25) is 0 Å². The summed E-state index contributed by atoms with van der Waals surface area (Å²) in [5.74, 6) is -1.12. The van der Waals surface area contributed by atoms with Gasteiger partial charge in [0.1, 0.15) is 17.2 Å². The standard InChI is InChI=1S/C18H26F2N2O2/c1-17(2,3)24-16(23)21-12-18(9-4-5-10-18)22-11-13-14(19)7-6-8-15(13)20/h6-8,22H,4-5,9-12H2,1-3H3,(H,21,23). The molecule has 0 unspecified atom stereocenters.